The SMILES string of the molecule is C=C/C=C(N)\C(I)=C/N. The molecule has 50 valence electrons. The second-order valence-corrected chi connectivity index (χ2v) is 2.53. The van der Waals surface area contributed by atoms with Crippen LogP contribution in [0.5, 0.6) is 0 Å². The Morgan fingerprint density at radius 3 is 2.44 bits per heavy atom. The molecular formula is C6H9IN2. The third kappa shape index (κ3) is 3.18. The molecule has 0 rings (SSSR count). The molecular weight excluding hydrogens is 227 g/mol. The first-order valence-corrected chi connectivity index (χ1v) is 3.46. The summed E-state index contributed by atoms with van der Waals surface area (Å²) in [5.41, 5.74) is 11.3. The summed E-state index contributed by atoms with van der Waals surface area (Å²) in [7, 11) is 0. The maximum Gasteiger partial charge on any atom is 0.0514 e. The largest absolute Gasteiger partial charge is 0.404 e. The molecule has 0 spiro atoms. The van der Waals surface area contributed by atoms with Gasteiger partial charge in [0, 0.05) is 11.9 Å². The van der Waals surface area contributed by atoms with Crippen LogP contribution in [0, 0.1) is 0 Å². The fourth-order valence-corrected chi connectivity index (χ4v) is 0.483. The Hall–Kier alpha value is -0.450. The molecule has 0 atom stereocenters. The second kappa shape index (κ2) is 4.43. The van der Waals surface area contributed by atoms with Gasteiger partial charge >= 0.3 is 0 Å². The summed E-state index contributed by atoms with van der Waals surface area (Å²) in [4.78, 5) is 0. The van der Waals surface area contributed by atoms with Crippen LogP contribution in [0.25, 0.3) is 0 Å². The van der Waals surface area contributed by atoms with E-state index in [1.165, 1.54) is 6.20 Å². The van der Waals surface area contributed by atoms with Gasteiger partial charge in [-0.15, -0.1) is 0 Å². The lowest BCUT2D eigenvalue weighted by Gasteiger charge is -1.93. The van der Waals surface area contributed by atoms with Crippen molar-refractivity contribution < 1.29 is 0 Å². The molecule has 4 N–H and O–H groups in total. The minimum atomic E-state index is 0.646. The maximum absolute atomic E-state index is 5.47. The highest BCUT2D eigenvalue weighted by Gasteiger charge is 1.89. The van der Waals surface area contributed by atoms with Gasteiger partial charge in [-0.3, -0.25) is 0 Å². The molecule has 0 radical (unpaired) electrons. The molecule has 0 unspecified atom stereocenters. The number of hydrogen-bond acceptors (Lipinski definition) is 2. The Kier molecular flexibility index (Phi) is 4.21. The minimum Gasteiger partial charge on any atom is -0.404 e. The predicted octanol–water partition coefficient (Wildman–Crippen LogP) is 1.25. The molecule has 0 aromatic rings. The summed E-state index contributed by atoms with van der Waals surface area (Å²) in [6, 6.07) is 0. The average Bonchev–Trinajstić information content (AvgIpc) is 1.87. The quantitative estimate of drug-likeness (QED) is 0.560. The Bertz CT molecular complexity index is 158. The third-order valence-corrected chi connectivity index (χ3v) is 1.70. The lowest BCUT2D eigenvalue weighted by Crippen LogP contribution is -1.97. The van der Waals surface area contributed by atoms with Crippen molar-refractivity contribution in [2.24, 2.45) is 11.5 Å². The highest BCUT2D eigenvalue weighted by molar-refractivity contribution is 14.1. The van der Waals surface area contributed by atoms with Crippen molar-refractivity contribution in [2.75, 3.05) is 0 Å². The van der Waals surface area contributed by atoms with Gasteiger partial charge in [-0.05, 0) is 28.7 Å². The van der Waals surface area contributed by atoms with E-state index in [9.17, 15) is 0 Å². The van der Waals surface area contributed by atoms with Gasteiger partial charge in [0.05, 0.1) is 3.58 Å². The average molecular weight is 236 g/mol. The molecule has 9 heavy (non-hydrogen) atoms. The Balaban J connectivity index is 4.19. The highest BCUT2D eigenvalue weighted by atomic mass is 127. The summed E-state index contributed by atoms with van der Waals surface area (Å²) in [5, 5.41) is 0. The van der Waals surface area contributed by atoms with Crippen LogP contribution >= 0.6 is 22.6 Å². The van der Waals surface area contributed by atoms with E-state index in [4.69, 9.17) is 11.5 Å². The van der Waals surface area contributed by atoms with E-state index in [0.29, 0.717) is 5.70 Å². The Morgan fingerprint density at radius 1 is 1.56 bits per heavy atom. The monoisotopic (exact) mass is 236 g/mol. The van der Waals surface area contributed by atoms with Gasteiger partial charge in [0.25, 0.3) is 0 Å². The molecule has 0 aromatic heterocycles. The molecule has 3 heteroatoms. The lowest BCUT2D eigenvalue weighted by molar-refractivity contribution is 1.39. The molecule has 0 aliphatic carbocycles. The molecule has 0 aliphatic rings. The molecule has 0 heterocycles. The standard InChI is InChI=1S/C6H9IN2/c1-2-3-6(9)5(7)4-8/h2-4H,1,8-9H2/b5-4+,6-3+. The smallest absolute Gasteiger partial charge is 0.0514 e. The van der Waals surface area contributed by atoms with Crippen molar-refractivity contribution in [3.8, 4) is 0 Å². The van der Waals surface area contributed by atoms with Gasteiger partial charge in [0.15, 0.2) is 0 Å². The summed E-state index contributed by atoms with van der Waals surface area (Å²) < 4.78 is 0.840. The van der Waals surface area contributed by atoms with Gasteiger partial charge in [0.1, 0.15) is 0 Å². The minimum absolute atomic E-state index is 0.646. The maximum atomic E-state index is 5.47. The van der Waals surface area contributed by atoms with E-state index in [-0.39, 0.29) is 0 Å². The molecule has 0 saturated heterocycles. The molecule has 0 saturated carbocycles. The van der Waals surface area contributed by atoms with Crippen molar-refractivity contribution in [1.29, 1.82) is 0 Å². The predicted molar refractivity (Wildman–Crippen MR) is 48.8 cm³/mol. The zero-order chi connectivity index (χ0) is 7.28. The number of halogens is 1. The molecule has 0 bridgehead atoms. The second-order valence-electron chi connectivity index (χ2n) is 1.37. The van der Waals surface area contributed by atoms with Gasteiger partial charge in [-0.1, -0.05) is 12.7 Å². The van der Waals surface area contributed by atoms with Gasteiger partial charge < -0.3 is 11.5 Å². The summed E-state index contributed by atoms with van der Waals surface area (Å²) in [6.07, 6.45) is 4.78. The summed E-state index contributed by atoms with van der Waals surface area (Å²) >= 11 is 2.05. The zero-order valence-electron chi connectivity index (χ0n) is 4.97. The Labute approximate surface area is 68.4 Å². The van der Waals surface area contributed by atoms with E-state index in [1.807, 2.05) is 22.6 Å². The first-order chi connectivity index (χ1) is 4.22. The zero-order valence-corrected chi connectivity index (χ0v) is 7.13. The van der Waals surface area contributed by atoms with E-state index in [1.54, 1.807) is 12.2 Å². The van der Waals surface area contributed by atoms with Crippen LogP contribution in [0.2, 0.25) is 0 Å². The molecule has 0 amide bonds. The molecule has 0 fully saturated rings. The van der Waals surface area contributed by atoms with Crippen LogP contribution < -0.4 is 11.5 Å². The Morgan fingerprint density at radius 2 is 2.11 bits per heavy atom. The van der Waals surface area contributed by atoms with E-state index in [0.717, 1.165) is 3.58 Å². The molecule has 0 aromatic carbocycles. The first-order valence-electron chi connectivity index (χ1n) is 2.38. The van der Waals surface area contributed by atoms with Crippen molar-refractivity contribution in [3.63, 3.8) is 0 Å². The summed E-state index contributed by atoms with van der Waals surface area (Å²) in [5.74, 6) is 0. The number of allylic oxidation sites excluding steroid dienone is 3. The third-order valence-electron chi connectivity index (χ3n) is 0.720. The first kappa shape index (κ1) is 8.55. The van der Waals surface area contributed by atoms with Crippen molar-refractivity contribution in [2.45, 2.75) is 0 Å². The normalized spacial score (nSPS) is 13.4. The van der Waals surface area contributed by atoms with Crippen LogP contribution in [-0.2, 0) is 0 Å². The fourth-order valence-electron chi connectivity index (χ4n) is 0.303. The van der Waals surface area contributed by atoms with E-state index >= 15 is 0 Å². The topological polar surface area (TPSA) is 52.0 Å². The highest BCUT2D eigenvalue weighted by Crippen LogP contribution is 2.10. The van der Waals surface area contributed by atoms with E-state index in [2.05, 4.69) is 6.58 Å². The van der Waals surface area contributed by atoms with Crippen LogP contribution in [0.1, 0.15) is 0 Å². The molecule has 2 nitrogen and oxygen atoms in total. The molecule has 0 aliphatic heterocycles. The van der Waals surface area contributed by atoms with Crippen LogP contribution in [0.4, 0.5) is 0 Å². The van der Waals surface area contributed by atoms with Crippen LogP contribution in [-0.4, -0.2) is 0 Å². The number of hydrogen-bond donors (Lipinski definition) is 2. The number of nitrogens with two attached hydrogens (primary N) is 2. The van der Waals surface area contributed by atoms with Gasteiger partial charge in [-0.25, -0.2) is 0 Å². The summed E-state index contributed by atoms with van der Waals surface area (Å²) in [6.45, 7) is 3.49. The number of rotatable bonds is 2. The van der Waals surface area contributed by atoms with Crippen LogP contribution in [0.15, 0.2) is 34.2 Å². The van der Waals surface area contributed by atoms with Gasteiger partial charge in [-0.2, -0.15) is 0 Å². The van der Waals surface area contributed by atoms with Gasteiger partial charge in [0.2, 0.25) is 0 Å². The lowest BCUT2D eigenvalue weighted by atomic mass is 10.4. The van der Waals surface area contributed by atoms with Crippen molar-refractivity contribution in [1.82, 2.24) is 0 Å². The van der Waals surface area contributed by atoms with E-state index < -0.39 is 0 Å². The van der Waals surface area contributed by atoms with Crippen molar-refractivity contribution >= 4 is 22.6 Å². The van der Waals surface area contributed by atoms with Crippen molar-refractivity contribution in [3.05, 3.63) is 34.2 Å². The van der Waals surface area contributed by atoms with Crippen LogP contribution in [0.3, 0.4) is 0 Å². The fraction of sp³-hybridized carbons (Fsp3) is 0.